The molecule has 140 valence electrons. The monoisotopic (exact) mass is 372 g/mol. The summed E-state index contributed by atoms with van der Waals surface area (Å²) in [6, 6.07) is 15.5. The Labute approximate surface area is 163 Å². The van der Waals surface area contributed by atoms with Crippen molar-refractivity contribution in [3.8, 4) is 22.7 Å². The number of aromatic nitrogens is 5. The molecule has 0 aliphatic rings. The van der Waals surface area contributed by atoms with Gasteiger partial charge in [-0.05, 0) is 30.3 Å². The fourth-order valence-corrected chi connectivity index (χ4v) is 2.90. The predicted molar refractivity (Wildman–Crippen MR) is 107 cm³/mol. The number of pyridine rings is 1. The molecule has 0 spiro atoms. The van der Waals surface area contributed by atoms with E-state index in [2.05, 4.69) is 15.1 Å². The van der Waals surface area contributed by atoms with E-state index in [0.717, 1.165) is 28.4 Å². The predicted octanol–water partition coefficient (Wildman–Crippen LogP) is 3.37. The maximum absolute atomic E-state index is 5.42. The summed E-state index contributed by atoms with van der Waals surface area (Å²) in [6.07, 6.45) is 7.26. The molecular formula is C21H20N6O. The molecule has 0 saturated heterocycles. The quantitative estimate of drug-likeness (QED) is 0.517. The molecule has 4 aromatic rings. The summed E-state index contributed by atoms with van der Waals surface area (Å²) in [6.45, 7) is 0.630. The van der Waals surface area contributed by atoms with Gasteiger partial charge in [0.05, 0.1) is 31.2 Å². The summed E-state index contributed by atoms with van der Waals surface area (Å²) in [5.74, 6) is 1.39. The Bertz CT molecular complexity index is 1060. The highest BCUT2D eigenvalue weighted by molar-refractivity contribution is 5.59. The van der Waals surface area contributed by atoms with E-state index < -0.39 is 0 Å². The van der Waals surface area contributed by atoms with Crippen LogP contribution >= 0.6 is 0 Å². The Morgan fingerprint density at radius 2 is 1.86 bits per heavy atom. The van der Waals surface area contributed by atoms with Gasteiger partial charge in [0, 0.05) is 31.2 Å². The molecule has 0 N–H and O–H groups in total. The van der Waals surface area contributed by atoms with Gasteiger partial charge < -0.3 is 9.64 Å². The van der Waals surface area contributed by atoms with E-state index in [9.17, 15) is 0 Å². The van der Waals surface area contributed by atoms with Gasteiger partial charge in [0.15, 0.2) is 0 Å². The molecule has 3 aromatic heterocycles. The summed E-state index contributed by atoms with van der Waals surface area (Å²) >= 11 is 0. The van der Waals surface area contributed by atoms with Gasteiger partial charge in [-0.1, -0.05) is 18.2 Å². The van der Waals surface area contributed by atoms with Crippen molar-refractivity contribution in [1.82, 2.24) is 24.7 Å². The van der Waals surface area contributed by atoms with Crippen LogP contribution in [0.25, 0.3) is 16.9 Å². The molecule has 4 rings (SSSR count). The molecule has 0 aliphatic carbocycles. The SMILES string of the molecule is COc1ccccc1-n1cc(-c2ccnc(N(C)Cc3ccccn3)n2)cn1. The number of hydrogen-bond acceptors (Lipinski definition) is 6. The number of rotatable bonds is 6. The van der Waals surface area contributed by atoms with Gasteiger partial charge in [-0.25, -0.2) is 14.6 Å². The van der Waals surface area contributed by atoms with Gasteiger partial charge in [-0.15, -0.1) is 0 Å². The van der Waals surface area contributed by atoms with Crippen molar-refractivity contribution < 1.29 is 4.74 Å². The van der Waals surface area contributed by atoms with Gasteiger partial charge >= 0.3 is 0 Å². The summed E-state index contributed by atoms with van der Waals surface area (Å²) in [4.78, 5) is 15.4. The van der Waals surface area contributed by atoms with Gasteiger partial charge in [0.2, 0.25) is 5.95 Å². The van der Waals surface area contributed by atoms with E-state index in [0.29, 0.717) is 12.5 Å². The van der Waals surface area contributed by atoms with Crippen LogP contribution in [-0.4, -0.2) is 38.9 Å². The summed E-state index contributed by atoms with van der Waals surface area (Å²) in [5, 5.41) is 4.47. The van der Waals surface area contributed by atoms with Crippen molar-refractivity contribution in [2.75, 3.05) is 19.1 Å². The molecule has 3 heterocycles. The number of nitrogens with zero attached hydrogens (tertiary/aromatic N) is 6. The Hall–Kier alpha value is -3.74. The summed E-state index contributed by atoms with van der Waals surface area (Å²) in [5.41, 5.74) is 3.54. The molecule has 0 saturated carbocycles. The number of hydrogen-bond donors (Lipinski definition) is 0. The van der Waals surface area contributed by atoms with Crippen LogP contribution < -0.4 is 9.64 Å². The third-order valence-electron chi connectivity index (χ3n) is 4.32. The maximum Gasteiger partial charge on any atom is 0.225 e. The van der Waals surface area contributed by atoms with Crippen molar-refractivity contribution in [2.45, 2.75) is 6.54 Å². The smallest absolute Gasteiger partial charge is 0.225 e. The molecule has 0 atom stereocenters. The van der Waals surface area contributed by atoms with Crippen molar-refractivity contribution in [2.24, 2.45) is 0 Å². The average molecular weight is 372 g/mol. The first kappa shape index (κ1) is 17.7. The minimum absolute atomic E-state index is 0.630. The van der Waals surface area contributed by atoms with Crippen LogP contribution in [0.15, 0.2) is 73.3 Å². The zero-order valence-electron chi connectivity index (χ0n) is 15.7. The number of benzene rings is 1. The number of anilines is 1. The van der Waals surface area contributed by atoms with E-state index >= 15 is 0 Å². The minimum Gasteiger partial charge on any atom is -0.494 e. The molecule has 0 amide bonds. The molecular weight excluding hydrogens is 352 g/mol. The van der Waals surface area contributed by atoms with Crippen molar-refractivity contribution in [3.63, 3.8) is 0 Å². The minimum atomic E-state index is 0.630. The normalized spacial score (nSPS) is 10.6. The van der Waals surface area contributed by atoms with E-state index in [4.69, 9.17) is 9.72 Å². The topological polar surface area (TPSA) is 69.0 Å². The van der Waals surface area contributed by atoms with Gasteiger partial charge in [-0.3, -0.25) is 4.98 Å². The van der Waals surface area contributed by atoms with Gasteiger partial charge in [0.1, 0.15) is 11.4 Å². The highest BCUT2D eigenvalue weighted by Gasteiger charge is 2.11. The first-order valence-corrected chi connectivity index (χ1v) is 8.87. The summed E-state index contributed by atoms with van der Waals surface area (Å²) in [7, 11) is 3.60. The molecule has 0 aliphatic heterocycles. The van der Waals surface area contributed by atoms with Crippen molar-refractivity contribution in [1.29, 1.82) is 0 Å². The molecule has 0 unspecified atom stereocenters. The fraction of sp³-hybridized carbons (Fsp3) is 0.143. The van der Waals surface area contributed by atoms with Crippen LogP contribution in [0.2, 0.25) is 0 Å². The molecule has 0 bridgehead atoms. The molecule has 7 nitrogen and oxygen atoms in total. The molecule has 0 fully saturated rings. The van der Waals surface area contributed by atoms with Crippen LogP contribution in [0.3, 0.4) is 0 Å². The molecule has 28 heavy (non-hydrogen) atoms. The standard InChI is InChI=1S/C21H20N6O/c1-26(15-17-7-5-6-11-22-17)21-23-12-10-18(25-21)16-13-24-27(14-16)19-8-3-4-9-20(19)28-2/h3-14H,15H2,1-2H3. The maximum atomic E-state index is 5.42. The Balaban J connectivity index is 1.59. The first-order valence-electron chi connectivity index (χ1n) is 8.87. The van der Waals surface area contributed by atoms with E-state index in [1.54, 1.807) is 30.4 Å². The third kappa shape index (κ3) is 3.68. The first-order chi connectivity index (χ1) is 13.7. The summed E-state index contributed by atoms with van der Waals surface area (Å²) < 4.78 is 7.21. The molecule has 0 radical (unpaired) electrons. The Kier molecular flexibility index (Phi) is 4.97. The second kappa shape index (κ2) is 7.87. The zero-order valence-corrected chi connectivity index (χ0v) is 15.7. The Morgan fingerprint density at radius 3 is 2.68 bits per heavy atom. The van der Waals surface area contributed by atoms with E-state index in [-0.39, 0.29) is 0 Å². The second-order valence-corrected chi connectivity index (χ2v) is 6.26. The van der Waals surface area contributed by atoms with Crippen LogP contribution in [0, 0.1) is 0 Å². The van der Waals surface area contributed by atoms with Gasteiger partial charge in [0.25, 0.3) is 0 Å². The van der Waals surface area contributed by atoms with Gasteiger partial charge in [-0.2, -0.15) is 5.10 Å². The average Bonchev–Trinajstić information content (AvgIpc) is 3.25. The van der Waals surface area contributed by atoms with Crippen LogP contribution in [-0.2, 0) is 6.54 Å². The second-order valence-electron chi connectivity index (χ2n) is 6.26. The van der Waals surface area contributed by atoms with E-state index in [1.165, 1.54) is 0 Å². The van der Waals surface area contributed by atoms with Crippen LogP contribution in [0.5, 0.6) is 5.75 Å². The largest absolute Gasteiger partial charge is 0.494 e. The van der Waals surface area contributed by atoms with Crippen molar-refractivity contribution in [3.05, 3.63) is 79.0 Å². The van der Waals surface area contributed by atoms with Crippen LogP contribution in [0.1, 0.15) is 5.69 Å². The zero-order chi connectivity index (χ0) is 19.3. The highest BCUT2D eigenvalue weighted by atomic mass is 16.5. The lowest BCUT2D eigenvalue weighted by Gasteiger charge is -2.16. The number of para-hydroxylation sites is 2. The number of methoxy groups -OCH3 is 1. The fourth-order valence-electron chi connectivity index (χ4n) is 2.90. The lowest BCUT2D eigenvalue weighted by atomic mass is 10.2. The molecule has 1 aromatic carbocycles. The third-order valence-corrected chi connectivity index (χ3v) is 4.32. The number of ether oxygens (including phenoxy) is 1. The lowest BCUT2D eigenvalue weighted by Crippen LogP contribution is -2.19. The Morgan fingerprint density at radius 1 is 1.00 bits per heavy atom. The van der Waals surface area contributed by atoms with E-state index in [1.807, 2.05) is 66.7 Å². The molecule has 7 heteroatoms. The highest BCUT2D eigenvalue weighted by Crippen LogP contribution is 2.24. The van der Waals surface area contributed by atoms with Crippen LogP contribution in [0.4, 0.5) is 5.95 Å². The lowest BCUT2D eigenvalue weighted by molar-refractivity contribution is 0.411. The van der Waals surface area contributed by atoms with Crippen molar-refractivity contribution >= 4 is 5.95 Å².